The third-order valence-corrected chi connectivity index (χ3v) is 4.19. The third kappa shape index (κ3) is 2.22. The van der Waals surface area contributed by atoms with E-state index in [0.717, 1.165) is 32.2 Å². The van der Waals surface area contributed by atoms with E-state index in [9.17, 15) is 18.9 Å². The van der Waals surface area contributed by atoms with Gasteiger partial charge in [0.25, 0.3) is 12.1 Å². The van der Waals surface area contributed by atoms with E-state index in [1.807, 2.05) is 4.90 Å². The standard InChI is InChI=1S/C13H15F2N3O2/c14-13(15)11-3-10(18(19)20)1-2-12(11)17-6-8-4-16-5-9(8)7-17/h1-3,8-9,13,16H,4-7H2/t8-,9+. The predicted molar refractivity (Wildman–Crippen MR) is 70.1 cm³/mol. The number of rotatable bonds is 3. The van der Waals surface area contributed by atoms with Crippen molar-refractivity contribution in [3.63, 3.8) is 0 Å². The van der Waals surface area contributed by atoms with E-state index in [4.69, 9.17) is 0 Å². The lowest BCUT2D eigenvalue weighted by molar-refractivity contribution is -0.385. The topological polar surface area (TPSA) is 58.4 Å². The van der Waals surface area contributed by atoms with Gasteiger partial charge in [0.2, 0.25) is 0 Å². The second-order valence-electron chi connectivity index (χ2n) is 5.38. The maximum Gasteiger partial charge on any atom is 0.270 e. The van der Waals surface area contributed by atoms with Gasteiger partial charge < -0.3 is 10.2 Å². The van der Waals surface area contributed by atoms with Crippen molar-refractivity contribution in [2.75, 3.05) is 31.1 Å². The lowest BCUT2D eigenvalue weighted by atomic mass is 10.0. The average Bonchev–Trinajstić information content (AvgIpc) is 2.98. The highest BCUT2D eigenvalue weighted by Crippen LogP contribution is 2.37. The summed E-state index contributed by atoms with van der Waals surface area (Å²) in [6, 6.07) is 3.74. The molecule has 2 saturated heterocycles. The Morgan fingerprint density at radius 2 is 1.95 bits per heavy atom. The van der Waals surface area contributed by atoms with Gasteiger partial charge in [0.15, 0.2) is 0 Å². The summed E-state index contributed by atoms with van der Waals surface area (Å²) in [6.45, 7) is 3.29. The van der Waals surface area contributed by atoms with Gasteiger partial charge in [-0.15, -0.1) is 0 Å². The van der Waals surface area contributed by atoms with E-state index in [1.54, 1.807) is 0 Å². The van der Waals surface area contributed by atoms with E-state index in [1.165, 1.54) is 12.1 Å². The van der Waals surface area contributed by atoms with Gasteiger partial charge in [-0.3, -0.25) is 10.1 Å². The van der Waals surface area contributed by atoms with Crippen molar-refractivity contribution in [2.45, 2.75) is 6.43 Å². The molecule has 2 fully saturated rings. The molecule has 5 nitrogen and oxygen atoms in total. The number of fused-ring (bicyclic) bond motifs is 1. The van der Waals surface area contributed by atoms with E-state index < -0.39 is 11.3 Å². The first-order chi connectivity index (χ1) is 9.56. The van der Waals surface area contributed by atoms with Crippen LogP contribution in [0.2, 0.25) is 0 Å². The van der Waals surface area contributed by atoms with Gasteiger partial charge in [-0.25, -0.2) is 8.78 Å². The molecule has 3 rings (SSSR count). The highest BCUT2D eigenvalue weighted by atomic mass is 19.3. The minimum Gasteiger partial charge on any atom is -0.370 e. The molecule has 0 amide bonds. The van der Waals surface area contributed by atoms with E-state index in [0.29, 0.717) is 17.5 Å². The molecule has 0 aromatic heterocycles. The number of hydrogen-bond donors (Lipinski definition) is 1. The molecule has 0 radical (unpaired) electrons. The van der Waals surface area contributed by atoms with Gasteiger partial charge in [-0.1, -0.05) is 0 Å². The number of anilines is 1. The molecule has 1 aromatic carbocycles. The molecule has 108 valence electrons. The second-order valence-corrected chi connectivity index (χ2v) is 5.38. The van der Waals surface area contributed by atoms with E-state index in [2.05, 4.69) is 5.32 Å². The number of hydrogen-bond acceptors (Lipinski definition) is 4. The SMILES string of the molecule is O=[N+]([O-])c1ccc(N2C[C@H]3CNC[C@H]3C2)c(C(F)F)c1. The fraction of sp³-hybridized carbons (Fsp3) is 0.538. The second kappa shape index (κ2) is 4.97. The predicted octanol–water partition coefficient (Wildman–Crippen LogP) is 2.19. The van der Waals surface area contributed by atoms with Crippen LogP contribution < -0.4 is 10.2 Å². The molecule has 2 heterocycles. The molecule has 1 aromatic rings. The smallest absolute Gasteiger partial charge is 0.270 e. The van der Waals surface area contributed by atoms with Crippen LogP contribution in [0.4, 0.5) is 20.2 Å². The van der Waals surface area contributed by atoms with Crippen LogP contribution in [0.5, 0.6) is 0 Å². The highest BCUT2D eigenvalue weighted by Gasteiger charge is 2.37. The lowest BCUT2D eigenvalue weighted by Crippen LogP contribution is -2.26. The summed E-state index contributed by atoms with van der Waals surface area (Å²) >= 11 is 0. The molecule has 0 saturated carbocycles. The zero-order valence-electron chi connectivity index (χ0n) is 10.8. The van der Waals surface area contributed by atoms with Gasteiger partial charge >= 0.3 is 0 Å². The van der Waals surface area contributed by atoms with Gasteiger partial charge in [0.1, 0.15) is 0 Å². The molecule has 1 N–H and O–H groups in total. The van der Waals surface area contributed by atoms with Crippen molar-refractivity contribution in [3.05, 3.63) is 33.9 Å². The van der Waals surface area contributed by atoms with Crippen molar-refractivity contribution >= 4 is 11.4 Å². The van der Waals surface area contributed by atoms with Crippen LogP contribution in [0, 0.1) is 22.0 Å². The minimum atomic E-state index is -2.71. The average molecular weight is 283 g/mol. The first-order valence-electron chi connectivity index (χ1n) is 6.58. The summed E-state index contributed by atoms with van der Waals surface area (Å²) in [5.74, 6) is 0.964. The Morgan fingerprint density at radius 1 is 1.30 bits per heavy atom. The Labute approximate surface area is 114 Å². The molecule has 2 aliphatic rings. The van der Waals surface area contributed by atoms with Gasteiger partial charge in [-0.05, 0) is 17.9 Å². The summed E-state index contributed by atoms with van der Waals surface area (Å²) in [7, 11) is 0. The Hall–Kier alpha value is -1.76. The van der Waals surface area contributed by atoms with Crippen LogP contribution in [0.1, 0.15) is 12.0 Å². The third-order valence-electron chi connectivity index (χ3n) is 4.19. The number of benzene rings is 1. The summed E-state index contributed by atoms with van der Waals surface area (Å²) in [4.78, 5) is 12.0. The monoisotopic (exact) mass is 283 g/mol. The van der Waals surface area contributed by atoms with Crippen molar-refractivity contribution in [3.8, 4) is 0 Å². The van der Waals surface area contributed by atoms with Crippen molar-refractivity contribution in [1.29, 1.82) is 0 Å². The summed E-state index contributed by atoms with van der Waals surface area (Å²) < 4.78 is 26.3. The van der Waals surface area contributed by atoms with Gasteiger partial charge in [0.05, 0.1) is 4.92 Å². The van der Waals surface area contributed by atoms with Crippen LogP contribution in [0.15, 0.2) is 18.2 Å². The zero-order chi connectivity index (χ0) is 14.3. The molecular formula is C13H15F2N3O2. The number of alkyl halides is 2. The van der Waals surface area contributed by atoms with Gasteiger partial charge in [0, 0.05) is 49.6 Å². The quantitative estimate of drug-likeness (QED) is 0.682. The molecule has 0 spiro atoms. The zero-order valence-corrected chi connectivity index (χ0v) is 10.8. The van der Waals surface area contributed by atoms with Crippen LogP contribution in [-0.4, -0.2) is 31.1 Å². The summed E-state index contributed by atoms with van der Waals surface area (Å²) in [5, 5.41) is 14.0. The molecule has 20 heavy (non-hydrogen) atoms. The fourth-order valence-corrected chi connectivity index (χ4v) is 3.17. The minimum absolute atomic E-state index is 0.243. The molecule has 0 aliphatic carbocycles. The Morgan fingerprint density at radius 3 is 2.50 bits per heavy atom. The molecule has 7 heteroatoms. The fourth-order valence-electron chi connectivity index (χ4n) is 3.17. The number of nitrogens with zero attached hydrogens (tertiary/aromatic N) is 2. The number of nitro benzene ring substituents is 1. The summed E-state index contributed by atoms with van der Waals surface area (Å²) in [5.41, 5.74) is -0.0998. The Kier molecular flexibility index (Phi) is 3.29. The Bertz CT molecular complexity index is 526. The number of non-ortho nitro benzene ring substituents is 1. The number of nitrogens with one attached hydrogen (secondary N) is 1. The van der Waals surface area contributed by atoms with Crippen LogP contribution >= 0.6 is 0 Å². The van der Waals surface area contributed by atoms with E-state index in [-0.39, 0.29) is 11.3 Å². The van der Waals surface area contributed by atoms with Crippen LogP contribution in [-0.2, 0) is 0 Å². The van der Waals surface area contributed by atoms with Crippen molar-refractivity contribution in [1.82, 2.24) is 5.32 Å². The molecule has 2 atom stereocenters. The first kappa shape index (κ1) is 13.2. The highest BCUT2D eigenvalue weighted by molar-refractivity contribution is 5.59. The van der Waals surface area contributed by atoms with Crippen molar-refractivity contribution in [2.24, 2.45) is 11.8 Å². The van der Waals surface area contributed by atoms with Crippen LogP contribution in [0.25, 0.3) is 0 Å². The molecule has 0 unspecified atom stereocenters. The van der Waals surface area contributed by atoms with E-state index >= 15 is 0 Å². The number of halogens is 2. The molecular weight excluding hydrogens is 268 g/mol. The van der Waals surface area contributed by atoms with Gasteiger partial charge in [-0.2, -0.15) is 0 Å². The Balaban J connectivity index is 1.91. The first-order valence-corrected chi connectivity index (χ1v) is 6.58. The summed E-state index contributed by atoms with van der Waals surface area (Å²) in [6.07, 6.45) is -2.71. The number of nitro groups is 1. The normalized spacial score (nSPS) is 25.2. The maximum absolute atomic E-state index is 13.2. The lowest BCUT2D eigenvalue weighted by Gasteiger charge is -2.22. The van der Waals surface area contributed by atoms with Crippen LogP contribution in [0.3, 0.4) is 0 Å². The molecule has 0 bridgehead atoms. The largest absolute Gasteiger partial charge is 0.370 e. The maximum atomic E-state index is 13.2. The molecule has 2 aliphatic heterocycles. The van der Waals surface area contributed by atoms with Crippen molar-refractivity contribution < 1.29 is 13.7 Å².